The molecule has 0 atom stereocenters. The van der Waals surface area contributed by atoms with Crippen molar-refractivity contribution in [1.82, 2.24) is 4.98 Å². The highest BCUT2D eigenvalue weighted by atomic mass is 35.5. The van der Waals surface area contributed by atoms with Crippen molar-refractivity contribution in [2.75, 3.05) is 23.3 Å². The van der Waals surface area contributed by atoms with Crippen LogP contribution in [-0.4, -0.2) is 41.2 Å². The van der Waals surface area contributed by atoms with E-state index in [1.807, 2.05) is 11.0 Å². The number of ether oxygens (including phenoxy) is 1. The Morgan fingerprint density at radius 3 is 2.58 bits per heavy atom. The summed E-state index contributed by atoms with van der Waals surface area (Å²) in [5, 5.41) is 12.3. The van der Waals surface area contributed by atoms with E-state index in [2.05, 4.69) is 10.3 Å². The van der Waals surface area contributed by atoms with Crippen LogP contribution in [0.25, 0.3) is 0 Å². The zero-order valence-electron chi connectivity index (χ0n) is 16.5. The number of anilines is 2. The van der Waals surface area contributed by atoms with Crippen molar-refractivity contribution < 1.29 is 19.4 Å². The van der Waals surface area contributed by atoms with Gasteiger partial charge in [-0.1, -0.05) is 23.7 Å². The van der Waals surface area contributed by atoms with Crippen LogP contribution in [-0.2, 0) is 11.2 Å². The third kappa shape index (κ3) is 4.95. The monoisotopic (exact) mass is 437 g/mol. The number of carboxylic acids is 1. The second-order valence-electron chi connectivity index (χ2n) is 7.20. The van der Waals surface area contributed by atoms with E-state index >= 15 is 0 Å². The summed E-state index contributed by atoms with van der Waals surface area (Å²) in [6.45, 7) is 1.21. The first kappa shape index (κ1) is 20.7. The summed E-state index contributed by atoms with van der Waals surface area (Å²) in [5.41, 5.74) is 2.31. The number of pyridine rings is 1. The van der Waals surface area contributed by atoms with Crippen LogP contribution in [0.15, 0.2) is 67.0 Å². The van der Waals surface area contributed by atoms with E-state index in [0.29, 0.717) is 30.2 Å². The topological polar surface area (TPSA) is 91.8 Å². The van der Waals surface area contributed by atoms with Gasteiger partial charge in [-0.15, -0.1) is 0 Å². The number of rotatable bonds is 7. The number of aromatic carboxylic acids is 1. The van der Waals surface area contributed by atoms with E-state index in [-0.39, 0.29) is 29.0 Å². The molecule has 31 heavy (non-hydrogen) atoms. The molecule has 1 aliphatic heterocycles. The van der Waals surface area contributed by atoms with E-state index in [1.54, 1.807) is 54.9 Å². The third-order valence-corrected chi connectivity index (χ3v) is 5.32. The van der Waals surface area contributed by atoms with Crippen LogP contribution in [0.4, 0.5) is 11.4 Å². The van der Waals surface area contributed by atoms with Gasteiger partial charge in [0.1, 0.15) is 11.9 Å². The molecule has 0 radical (unpaired) electrons. The molecule has 1 aliphatic rings. The van der Waals surface area contributed by atoms with Gasteiger partial charge in [0.05, 0.1) is 35.8 Å². The molecule has 3 aromatic rings. The van der Waals surface area contributed by atoms with Crippen LogP contribution in [0.3, 0.4) is 0 Å². The average Bonchev–Trinajstić information content (AvgIpc) is 2.72. The Bertz CT molecular complexity index is 1080. The van der Waals surface area contributed by atoms with Crippen LogP contribution >= 0.6 is 11.6 Å². The lowest BCUT2D eigenvalue weighted by Gasteiger charge is -2.41. The molecular weight excluding hydrogens is 418 g/mol. The second kappa shape index (κ2) is 9.06. The van der Waals surface area contributed by atoms with E-state index in [9.17, 15) is 14.7 Å². The first-order chi connectivity index (χ1) is 15.0. The molecule has 1 saturated heterocycles. The zero-order valence-corrected chi connectivity index (χ0v) is 17.2. The Morgan fingerprint density at radius 1 is 1.13 bits per heavy atom. The van der Waals surface area contributed by atoms with Crippen LogP contribution in [0.2, 0.25) is 5.02 Å². The van der Waals surface area contributed by atoms with Crippen LogP contribution in [0.1, 0.15) is 15.9 Å². The van der Waals surface area contributed by atoms with Crippen molar-refractivity contribution in [2.45, 2.75) is 12.5 Å². The fourth-order valence-electron chi connectivity index (χ4n) is 3.34. The van der Waals surface area contributed by atoms with E-state index in [0.717, 1.165) is 5.56 Å². The number of halogens is 1. The minimum absolute atomic E-state index is 0.0319. The summed E-state index contributed by atoms with van der Waals surface area (Å²) in [4.78, 5) is 29.4. The van der Waals surface area contributed by atoms with Gasteiger partial charge in [-0.3, -0.25) is 9.78 Å². The molecule has 1 aromatic heterocycles. The molecule has 0 bridgehead atoms. The quantitative estimate of drug-likeness (QED) is 0.582. The van der Waals surface area contributed by atoms with Gasteiger partial charge in [0.15, 0.2) is 0 Å². The summed E-state index contributed by atoms with van der Waals surface area (Å²) < 4.78 is 5.95. The highest BCUT2D eigenvalue weighted by Crippen LogP contribution is 2.33. The molecule has 2 aromatic carbocycles. The first-order valence-electron chi connectivity index (χ1n) is 9.72. The van der Waals surface area contributed by atoms with Gasteiger partial charge >= 0.3 is 5.97 Å². The summed E-state index contributed by atoms with van der Waals surface area (Å²) >= 11 is 6.23. The maximum atomic E-state index is 12.1. The number of aromatic nitrogens is 1. The Balaban J connectivity index is 1.28. The Kier molecular flexibility index (Phi) is 6.04. The van der Waals surface area contributed by atoms with Crippen molar-refractivity contribution in [3.05, 3.63) is 83.1 Å². The molecule has 4 rings (SSSR count). The lowest BCUT2D eigenvalue weighted by atomic mass is 10.1. The number of nitrogens with zero attached hydrogens (tertiary/aromatic N) is 2. The van der Waals surface area contributed by atoms with Gasteiger partial charge in [0.2, 0.25) is 5.91 Å². The highest BCUT2D eigenvalue weighted by molar-refractivity contribution is 6.36. The molecule has 1 amide bonds. The van der Waals surface area contributed by atoms with E-state index in [4.69, 9.17) is 16.3 Å². The van der Waals surface area contributed by atoms with Crippen molar-refractivity contribution in [2.24, 2.45) is 0 Å². The summed E-state index contributed by atoms with van der Waals surface area (Å²) in [6, 6.07) is 15.8. The third-order valence-electron chi connectivity index (χ3n) is 4.93. The summed E-state index contributed by atoms with van der Waals surface area (Å²) in [7, 11) is 0. The molecule has 0 aliphatic carbocycles. The number of amides is 1. The zero-order chi connectivity index (χ0) is 21.8. The maximum Gasteiger partial charge on any atom is 0.337 e. The van der Waals surface area contributed by atoms with E-state index < -0.39 is 5.97 Å². The first-order valence-corrected chi connectivity index (χ1v) is 10.1. The molecule has 2 N–H and O–H groups in total. The van der Waals surface area contributed by atoms with Gasteiger partial charge < -0.3 is 20.1 Å². The van der Waals surface area contributed by atoms with Crippen molar-refractivity contribution >= 4 is 34.9 Å². The molecule has 2 heterocycles. The van der Waals surface area contributed by atoms with Crippen molar-refractivity contribution in [1.29, 1.82) is 0 Å². The second-order valence-corrected chi connectivity index (χ2v) is 7.58. The molecule has 8 heteroatoms. The van der Waals surface area contributed by atoms with Crippen LogP contribution in [0.5, 0.6) is 5.75 Å². The predicted octanol–water partition coefficient (Wildman–Crippen LogP) is 3.88. The van der Waals surface area contributed by atoms with Gasteiger partial charge in [0.25, 0.3) is 0 Å². The number of carbonyl (C=O) groups is 2. The smallest absolute Gasteiger partial charge is 0.337 e. The fraction of sp³-hybridized carbons (Fsp3) is 0.174. The maximum absolute atomic E-state index is 12.1. The Labute approximate surface area is 184 Å². The summed E-state index contributed by atoms with van der Waals surface area (Å²) in [5.74, 6) is -0.468. The molecular formula is C23H20ClN3O4. The lowest BCUT2D eigenvalue weighted by Crippen LogP contribution is -2.54. The van der Waals surface area contributed by atoms with Gasteiger partial charge in [-0.25, -0.2) is 4.79 Å². The van der Waals surface area contributed by atoms with Crippen molar-refractivity contribution in [3.8, 4) is 5.75 Å². The predicted molar refractivity (Wildman–Crippen MR) is 118 cm³/mol. The largest absolute Gasteiger partial charge is 0.487 e. The molecule has 0 spiro atoms. The Morgan fingerprint density at radius 2 is 1.90 bits per heavy atom. The molecule has 7 nitrogen and oxygen atoms in total. The van der Waals surface area contributed by atoms with Crippen LogP contribution < -0.4 is 15.0 Å². The SMILES string of the molecule is O=C(Cc1cccnc1)Nc1ccc(OC2CN(c3cccc(C(=O)O)c3Cl)C2)cc1. The molecule has 0 unspecified atom stereocenters. The fourth-order valence-corrected chi connectivity index (χ4v) is 3.67. The summed E-state index contributed by atoms with van der Waals surface area (Å²) in [6.07, 6.45) is 3.57. The standard InChI is InChI=1S/C23H20ClN3O4/c24-22-19(23(29)30)4-1-5-20(22)27-13-18(14-27)31-17-8-6-16(7-9-17)26-21(28)11-15-3-2-10-25-12-15/h1-10,12,18H,11,13-14H2,(H,26,28)(H,29,30). The van der Waals surface area contributed by atoms with Crippen molar-refractivity contribution in [3.63, 3.8) is 0 Å². The number of benzene rings is 2. The normalized spacial score (nSPS) is 13.4. The molecule has 1 fully saturated rings. The Hall–Kier alpha value is -3.58. The number of hydrogen-bond acceptors (Lipinski definition) is 5. The highest BCUT2D eigenvalue weighted by Gasteiger charge is 2.31. The van der Waals surface area contributed by atoms with Gasteiger partial charge in [-0.2, -0.15) is 0 Å². The lowest BCUT2D eigenvalue weighted by molar-refractivity contribution is -0.115. The van der Waals surface area contributed by atoms with Crippen LogP contribution in [0, 0.1) is 0 Å². The van der Waals surface area contributed by atoms with Gasteiger partial charge in [0, 0.05) is 18.1 Å². The van der Waals surface area contributed by atoms with Gasteiger partial charge in [-0.05, 0) is 48.0 Å². The minimum atomic E-state index is -1.05. The molecule has 158 valence electrons. The number of nitrogens with one attached hydrogen (secondary N) is 1. The number of hydrogen-bond donors (Lipinski definition) is 2. The number of carbonyl (C=O) groups excluding carboxylic acids is 1. The molecule has 0 saturated carbocycles. The minimum Gasteiger partial charge on any atom is -0.487 e. The van der Waals surface area contributed by atoms with E-state index in [1.165, 1.54) is 6.07 Å². The average molecular weight is 438 g/mol. The number of carboxylic acid groups (broad SMARTS) is 1.